The van der Waals surface area contributed by atoms with Gasteiger partial charge in [0.25, 0.3) is 0 Å². The molecule has 0 saturated carbocycles. The lowest BCUT2D eigenvalue weighted by Crippen LogP contribution is -2.37. The molecule has 0 aliphatic carbocycles. The first-order chi connectivity index (χ1) is 10.3. The van der Waals surface area contributed by atoms with E-state index in [0.717, 1.165) is 30.2 Å². The molecule has 2 N–H and O–H groups in total. The Morgan fingerprint density at radius 3 is 2.55 bits per heavy atom. The molecule has 0 unspecified atom stereocenters. The Kier molecular flexibility index (Phi) is 8.42. The molecule has 0 atom stereocenters. The summed E-state index contributed by atoms with van der Waals surface area (Å²) >= 11 is 0. The number of nitrogens with one attached hydrogen (secondary N) is 2. The van der Waals surface area contributed by atoms with Crippen LogP contribution in [0.1, 0.15) is 11.3 Å². The van der Waals surface area contributed by atoms with Gasteiger partial charge in [-0.05, 0) is 29.8 Å². The highest BCUT2D eigenvalue weighted by atomic mass is 127. The average molecular weight is 414 g/mol. The van der Waals surface area contributed by atoms with Crippen molar-refractivity contribution in [2.24, 2.45) is 4.99 Å². The molecule has 0 aliphatic rings. The number of aromatic nitrogens is 1. The predicted molar refractivity (Wildman–Crippen MR) is 98.0 cm³/mol. The van der Waals surface area contributed by atoms with E-state index in [2.05, 4.69) is 20.6 Å². The molecule has 1 aromatic carbocycles. The largest absolute Gasteiger partial charge is 0.356 e. The molecule has 0 radical (unpaired) electrons. The van der Waals surface area contributed by atoms with Crippen LogP contribution in [0.3, 0.4) is 0 Å². The molecular formula is C16H20FIN4. The third-order valence-corrected chi connectivity index (χ3v) is 3.00. The van der Waals surface area contributed by atoms with Crippen LogP contribution in [0.5, 0.6) is 0 Å². The maximum atomic E-state index is 12.8. The van der Waals surface area contributed by atoms with Gasteiger partial charge in [-0.15, -0.1) is 24.0 Å². The number of nitrogens with zero attached hydrogens (tertiary/aromatic N) is 2. The van der Waals surface area contributed by atoms with Gasteiger partial charge in [0.1, 0.15) is 5.82 Å². The number of guanidine groups is 1. The highest BCUT2D eigenvalue weighted by Gasteiger charge is 1.99. The zero-order valence-corrected chi connectivity index (χ0v) is 14.8. The minimum Gasteiger partial charge on any atom is -0.356 e. The minimum atomic E-state index is -0.225. The second kappa shape index (κ2) is 10.1. The lowest BCUT2D eigenvalue weighted by molar-refractivity contribution is 0.626. The molecule has 22 heavy (non-hydrogen) atoms. The molecule has 118 valence electrons. The molecule has 1 aromatic heterocycles. The molecular weight excluding hydrogens is 394 g/mol. The van der Waals surface area contributed by atoms with Gasteiger partial charge in [-0.3, -0.25) is 9.98 Å². The Morgan fingerprint density at radius 1 is 1.14 bits per heavy atom. The van der Waals surface area contributed by atoms with Crippen molar-refractivity contribution >= 4 is 29.9 Å². The number of hydrogen-bond acceptors (Lipinski definition) is 2. The van der Waals surface area contributed by atoms with Crippen LogP contribution in [-0.4, -0.2) is 24.5 Å². The van der Waals surface area contributed by atoms with E-state index in [1.54, 1.807) is 25.4 Å². The highest BCUT2D eigenvalue weighted by Crippen LogP contribution is 2.01. The number of halogens is 2. The van der Waals surface area contributed by atoms with Crippen molar-refractivity contribution in [2.45, 2.75) is 13.0 Å². The van der Waals surface area contributed by atoms with E-state index in [-0.39, 0.29) is 29.8 Å². The highest BCUT2D eigenvalue weighted by molar-refractivity contribution is 14.0. The van der Waals surface area contributed by atoms with Gasteiger partial charge in [0.15, 0.2) is 5.96 Å². The van der Waals surface area contributed by atoms with Gasteiger partial charge >= 0.3 is 0 Å². The Morgan fingerprint density at radius 2 is 1.91 bits per heavy atom. The second-order valence-electron chi connectivity index (χ2n) is 4.55. The Hall–Kier alpha value is -1.70. The number of benzene rings is 1. The summed E-state index contributed by atoms with van der Waals surface area (Å²) in [6, 6.07) is 12.3. The van der Waals surface area contributed by atoms with Crippen LogP contribution in [-0.2, 0) is 13.0 Å². The molecule has 0 aliphatic heterocycles. The fraction of sp³-hybridized carbons (Fsp3) is 0.250. The molecule has 0 fully saturated rings. The SMILES string of the molecule is CN=C(NCCc1ccccn1)NCc1ccc(F)cc1.I. The summed E-state index contributed by atoms with van der Waals surface area (Å²) in [7, 11) is 1.72. The first-order valence-corrected chi connectivity index (χ1v) is 6.87. The summed E-state index contributed by atoms with van der Waals surface area (Å²) < 4.78 is 12.8. The summed E-state index contributed by atoms with van der Waals surface area (Å²) in [5, 5.41) is 6.41. The summed E-state index contributed by atoms with van der Waals surface area (Å²) in [5.41, 5.74) is 2.04. The second-order valence-corrected chi connectivity index (χ2v) is 4.55. The minimum absolute atomic E-state index is 0. The third-order valence-electron chi connectivity index (χ3n) is 3.00. The fourth-order valence-corrected chi connectivity index (χ4v) is 1.86. The smallest absolute Gasteiger partial charge is 0.191 e. The van der Waals surface area contributed by atoms with Gasteiger partial charge in [-0.1, -0.05) is 18.2 Å². The van der Waals surface area contributed by atoms with E-state index in [9.17, 15) is 4.39 Å². The molecule has 0 spiro atoms. The van der Waals surface area contributed by atoms with Crippen LogP contribution in [0.4, 0.5) is 4.39 Å². The predicted octanol–water partition coefficient (Wildman–Crippen LogP) is 2.75. The van der Waals surface area contributed by atoms with Gasteiger partial charge in [-0.25, -0.2) is 4.39 Å². The molecule has 0 amide bonds. The fourth-order valence-electron chi connectivity index (χ4n) is 1.86. The lowest BCUT2D eigenvalue weighted by atomic mass is 10.2. The van der Waals surface area contributed by atoms with Gasteiger partial charge in [-0.2, -0.15) is 0 Å². The van der Waals surface area contributed by atoms with Crippen LogP contribution in [0.15, 0.2) is 53.7 Å². The van der Waals surface area contributed by atoms with E-state index in [4.69, 9.17) is 0 Å². The van der Waals surface area contributed by atoms with Crippen molar-refractivity contribution in [1.82, 2.24) is 15.6 Å². The summed E-state index contributed by atoms with van der Waals surface area (Å²) in [6.45, 7) is 1.35. The van der Waals surface area contributed by atoms with Gasteiger partial charge < -0.3 is 10.6 Å². The van der Waals surface area contributed by atoms with E-state index in [1.165, 1.54) is 12.1 Å². The average Bonchev–Trinajstić information content (AvgIpc) is 2.53. The Labute approximate surface area is 147 Å². The molecule has 0 bridgehead atoms. The van der Waals surface area contributed by atoms with Crippen LogP contribution < -0.4 is 10.6 Å². The standard InChI is InChI=1S/C16H19FN4.HI/c1-18-16(20-11-9-15-4-2-3-10-19-15)21-12-13-5-7-14(17)8-6-13;/h2-8,10H,9,11-12H2,1H3,(H2,18,20,21);1H. The summed E-state index contributed by atoms with van der Waals surface area (Å²) in [4.78, 5) is 8.42. The maximum Gasteiger partial charge on any atom is 0.191 e. The quantitative estimate of drug-likeness (QED) is 0.450. The Bertz CT molecular complexity index is 572. The number of aliphatic imine (C=N–C) groups is 1. The van der Waals surface area contributed by atoms with Crippen LogP contribution >= 0.6 is 24.0 Å². The van der Waals surface area contributed by atoms with E-state index in [0.29, 0.717) is 6.54 Å². The summed E-state index contributed by atoms with van der Waals surface area (Å²) in [5.74, 6) is 0.492. The number of pyridine rings is 1. The molecule has 4 nitrogen and oxygen atoms in total. The van der Waals surface area contributed by atoms with Gasteiger partial charge in [0, 0.05) is 38.4 Å². The first kappa shape index (κ1) is 18.3. The molecule has 6 heteroatoms. The van der Waals surface area contributed by atoms with Crippen molar-refractivity contribution in [1.29, 1.82) is 0 Å². The van der Waals surface area contributed by atoms with Crippen molar-refractivity contribution in [3.05, 3.63) is 65.7 Å². The molecule has 1 heterocycles. The molecule has 0 saturated heterocycles. The van der Waals surface area contributed by atoms with Crippen LogP contribution in [0.25, 0.3) is 0 Å². The topological polar surface area (TPSA) is 49.3 Å². The maximum absolute atomic E-state index is 12.8. The Balaban J connectivity index is 0.00000242. The summed E-state index contributed by atoms with van der Waals surface area (Å²) in [6.07, 6.45) is 2.62. The number of rotatable bonds is 5. The lowest BCUT2D eigenvalue weighted by Gasteiger charge is -2.11. The normalized spacial score (nSPS) is 10.7. The zero-order chi connectivity index (χ0) is 14.9. The molecule has 2 rings (SSSR count). The molecule has 2 aromatic rings. The van der Waals surface area contributed by atoms with Crippen LogP contribution in [0, 0.1) is 5.82 Å². The van der Waals surface area contributed by atoms with Gasteiger partial charge in [0.2, 0.25) is 0 Å². The third kappa shape index (κ3) is 6.38. The van der Waals surface area contributed by atoms with Crippen molar-refractivity contribution < 1.29 is 4.39 Å². The first-order valence-electron chi connectivity index (χ1n) is 6.87. The van der Waals surface area contributed by atoms with E-state index >= 15 is 0 Å². The van der Waals surface area contributed by atoms with E-state index < -0.39 is 0 Å². The van der Waals surface area contributed by atoms with Crippen molar-refractivity contribution in [3.63, 3.8) is 0 Å². The van der Waals surface area contributed by atoms with Crippen LogP contribution in [0.2, 0.25) is 0 Å². The zero-order valence-electron chi connectivity index (χ0n) is 12.4. The monoisotopic (exact) mass is 414 g/mol. The van der Waals surface area contributed by atoms with Crippen molar-refractivity contribution in [2.75, 3.05) is 13.6 Å². The van der Waals surface area contributed by atoms with E-state index in [1.807, 2.05) is 18.2 Å². The van der Waals surface area contributed by atoms with Gasteiger partial charge in [0.05, 0.1) is 0 Å². The number of hydrogen-bond donors (Lipinski definition) is 2. The van der Waals surface area contributed by atoms with Crippen molar-refractivity contribution in [3.8, 4) is 0 Å².